The number of carbonyl (C=O) groups excluding carboxylic acids is 2. The summed E-state index contributed by atoms with van der Waals surface area (Å²) in [5.41, 5.74) is 2.09. The van der Waals surface area contributed by atoms with Crippen LogP contribution in [0, 0.1) is 0 Å². The quantitative estimate of drug-likeness (QED) is 0.107. The lowest BCUT2D eigenvalue weighted by Gasteiger charge is -2.33. The van der Waals surface area contributed by atoms with Gasteiger partial charge in [0.05, 0.1) is 40.1 Å². The summed E-state index contributed by atoms with van der Waals surface area (Å²) in [7, 11) is 4.23. The topological polar surface area (TPSA) is 239 Å². The standard InChI is InChI=1S/C42H48O17/c1-20-36(47)38(49)32(56-20)18-54-34(45)10-6-22-12-25-26-13-23(7-11-35(46)55-19-33-39(50)37(48)21(2)57-33)15-30(53-5)42(26)59-40(24-8-9-27(44)28(16-24)51-3)31(17-43)58-41(25)29(14-22)52-4/h6-16,20-21,31-33,36-40,43-44,47-50H,17-19H2,1-5H3/b10-6+,11-7+/t20-,21-,31?,32-,33-,36-,37-,38-,39-,40?/m0/s1. The lowest BCUT2D eigenvalue weighted by atomic mass is 9.95. The van der Waals surface area contributed by atoms with Gasteiger partial charge in [-0.25, -0.2) is 9.59 Å². The Morgan fingerprint density at radius 3 is 1.54 bits per heavy atom. The number of hydrogen-bond donors (Lipinski definition) is 6. The van der Waals surface area contributed by atoms with E-state index in [4.69, 9.17) is 42.6 Å². The fourth-order valence-corrected chi connectivity index (χ4v) is 6.99. The molecule has 0 spiro atoms. The largest absolute Gasteiger partial charge is 0.504 e. The molecule has 10 atom stereocenters. The highest BCUT2D eigenvalue weighted by atomic mass is 16.6. The second kappa shape index (κ2) is 18.7. The Morgan fingerprint density at radius 1 is 0.644 bits per heavy atom. The fraction of sp³-hybridized carbons (Fsp3) is 0.429. The Labute approximate surface area is 339 Å². The van der Waals surface area contributed by atoms with Gasteiger partial charge in [0.15, 0.2) is 46.7 Å². The molecule has 3 aromatic carbocycles. The van der Waals surface area contributed by atoms with Gasteiger partial charge in [-0.2, -0.15) is 0 Å². The molecule has 17 nitrogen and oxygen atoms in total. The van der Waals surface area contributed by atoms with Gasteiger partial charge < -0.3 is 73.3 Å². The van der Waals surface area contributed by atoms with Crippen molar-refractivity contribution in [2.75, 3.05) is 41.2 Å². The zero-order valence-corrected chi connectivity index (χ0v) is 32.9. The number of carbonyl (C=O) groups is 2. The van der Waals surface area contributed by atoms with Crippen LogP contribution in [-0.2, 0) is 28.5 Å². The first kappa shape index (κ1) is 43.2. The Morgan fingerprint density at radius 2 is 1.12 bits per heavy atom. The van der Waals surface area contributed by atoms with Crippen molar-refractivity contribution in [3.8, 4) is 45.6 Å². The van der Waals surface area contributed by atoms with E-state index < -0.39 is 79.6 Å². The van der Waals surface area contributed by atoms with Gasteiger partial charge in [0.2, 0.25) is 0 Å². The molecule has 3 aliphatic heterocycles. The van der Waals surface area contributed by atoms with Gasteiger partial charge >= 0.3 is 11.9 Å². The number of esters is 2. The number of rotatable bonds is 13. The summed E-state index contributed by atoms with van der Waals surface area (Å²) < 4.78 is 51.7. The van der Waals surface area contributed by atoms with Crippen LogP contribution in [0.3, 0.4) is 0 Å². The summed E-state index contributed by atoms with van der Waals surface area (Å²) in [6.07, 6.45) is -4.57. The van der Waals surface area contributed by atoms with Gasteiger partial charge in [0.25, 0.3) is 0 Å². The fourth-order valence-electron chi connectivity index (χ4n) is 6.99. The molecule has 6 rings (SSSR count). The highest BCUT2D eigenvalue weighted by Gasteiger charge is 2.42. The number of aromatic hydroxyl groups is 1. The average Bonchev–Trinajstić information content (AvgIpc) is 3.63. The van der Waals surface area contributed by atoms with Crippen molar-refractivity contribution in [1.82, 2.24) is 0 Å². The maximum absolute atomic E-state index is 12.8. The number of benzene rings is 3. The van der Waals surface area contributed by atoms with Crippen molar-refractivity contribution in [1.29, 1.82) is 0 Å². The number of fused-ring (bicyclic) bond motifs is 3. The molecule has 2 saturated heterocycles. The van der Waals surface area contributed by atoms with E-state index in [1.54, 1.807) is 50.2 Å². The van der Waals surface area contributed by atoms with Crippen LogP contribution in [0.15, 0.2) is 54.6 Å². The van der Waals surface area contributed by atoms with Crippen molar-refractivity contribution in [2.24, 2.45) is 0 Å². The number of phenolic OH excluding ortho intramolecular Hbond substituents is 1. The molecular formula is C42H48O17. The summed E-state index contributed by atoms with van der Waals surface area (Å²) in [6, 6.07) is 11.1. The van der Waals surface area contributed by atoms with Crippen LogP contribution in [0.5, 0.6) is 34.5 Å². The van der Waals surface area contributed by atoms with Gasteiger partial charge in [-0.05, 0) is 73.5 Å². The second-order valence-electron chi connectivity index (χ2n) is 14.2. The molecule has 2 fully saturated rings. The maximum atomic E-state index is 12.8. The monoisotopic (exact) mass is 824 g/mol. The predicted molar refractivity (Wildman–Crippen MR) is 207 cm³/mol. The molecule has 0 aliphatic carbocycles. The van der Waals surface area contributed by atoms with E-state index >= 15 is 0 Å². The van der Waals surface area contributed by atoms with E-state index in [-0.39, 0.29) is 47.7 Å². The first-order valence-electron chi connectivity index (χ1n) is 18.7. The molecule has 17 heteroatoms. The third-order valence-corrected chi connectivity index (χ3v) is 10.3. The highest BCUT2D eigenvalue weighted by molar-refractivity contribution is 5.91. The van der Waals surface area contributed by atoms with Gasteiger partial charge in [0.1, 0.15) is 49.8 Å². The van der Waals surface area contributed by atoms with Crippen molar-refractivity contribution >= 4 is 24.1 Å². The molecule has 318 valence electrons. The summed E-state index contributed by atoms with van der Waals surface area (Å²) in [5, 5.41) is 61.5. The number of methoxy groups -OCH3 is 3. The zero-order chi connectivity index (χ0) is 42.5. The van der Waals surface area contributed by atoms with Crippen LogP contribution < -0.4 is 23.7 Å². The van der Waals surface area contributed by atoms with Gasteiger partial charge in [-0.3, -0.25) is 0 Å². The maximum Gasteiger partial charge on any atom is 0.330 e. The Balaban J connectivity index is 1.38. The number of hydrogen-bond acceptors (Lipinski definition) is 17. The third-order valence-electron chi connectivity index (χ3n) is 10.3. The molecule has 0 radical (unpaired) electrons. The van der Waals surface area contributed by atoms with Crippen molar-refractivity contribution in [2.45, 2.75) is 74.9 Å². The first-order valence-corrected chi connectivity index (χ1v) is 18.7. The summed E-state index contributed by atoms with van der Waals surface area (Å²) >= 11 is 0. The van der Waals surface area contributed by atoms with Crippen LogP contribution in [0.1, 0.15) is 36.6 Å². The zero-order valence-electron chi connectivity index (χ0n) is 32.9. The minimum absolute atomic E-state index is 0.120. The molecule has 0 aromatic heterocycles. The number of aliphatic hydroxyl groups excluding tert-OH is 5. The van der Waals surface area contributed by atoms with E-state index in [0.717, 1.165) is 6.08 Å². The summed E-state index contributed by atoms with van der Waals surface area (Å²) in [6.45, 7) is 2.06. The second-order valence-corrected chi connectivity index (χ2v) is 14.2. The minimum atomic E-state index is -1.22. The molecule has 2 unspecified atom stereocenters. The smallest absolute Gasteiger partial charge is 0.330 e. The number of aliphatic hydroxyl groups is 5. The molecule has 0 amide bonds. The van der Waals surface area contributed by atoms with Crippen LogP contribution in [0.2, 0.25) is 0 Å². The lowest BCUT2D eigenvalue weighted by Crippen LogP contribution is -2.34. The van der Waals surface area contributed by atoms with E-state index in [2.05, 4.69) is 0 Å². The number of phenols is 1. The first-order chi connectivity index (χ1) is 28.3. The molecule has 0 saturated carbocycles. The molecule has 0 bridgehead atoms. The minimum Gasteiger partial charge on any atom is -0.504 e. The normalized spacial score (nSPS) is 27.6. The van der Waals surface area contributed by atoms with Crippen molar-refractivity contribution in [3.05, 3.63) is 71.3 Å². The molecule has 59 heavy (non-hydrogen) atoms. The van der Waals surface area contributed by atoms with E-state index in [9.17, 15) is 40.2 Å². The predicted octanol–water partition coefficient (Wildman–Crippen LogP) is 2.09. The van der Waals surface area contributed by atoms with Gasteiger partial charge in [-0.1, -0.05) is 6.07 Å². The van der Waals surface area contributed by atoms with Crippen LogP contribution in [-0.4, -0.2) is 139 Å². The van der Waals surface area contributed by atoms with Crippen LogP contribution in [0.4, 0.5) is 0 Å². The van der Waals surface area contributed by atoms with E-state index in [1.165, 1.54) is 45.6 Å². The van der Waals surface area contributed by atoms with Crippen LogP contribution >= 0.6 is 0 Å². The van der Waals surface area contributed by atoms with Gasteiger partial charge in [-0.15, -0.1) is 0 Å². The Bertz CT molecular complexity index is 2050. The SMILES string of the molecule is COc1cc(C2Oc3c(OC)cc(/C=C/C(=O)OC[C@@H]4O[C@@H](C)[C@H](O)[C@H]4O)cc3-c3cc(/C=C/C(=O)OC[C@@H]4O[C@@H](C)[C@H](O)[C@H]4O)cc(OC)c3OC2CO)ccc1O. The molecule has 3 aromatic rings. The number of ether oxygens (including phenoxy) is 9. The molecule has 3 heterocycles. The molecule has 6 N–H and O–H groups in total. The van der Waals surface area contributed by atoms with Crippen LogP contribution in [0.25, 0.3) is 23.3 Å². The van der Waals surface area contributed by atoms with Crippen molar-refractivity contribution in [3.63, 3.8) is 0 Å². The Kier molecular flexibility index (Phi) is 13.7. The van der Waals surface area contributed by atoms with E-state index in [0.29, 0.717) is 27.8 Å². The molecule has 3 aliphatic rings. The molecular weight excluding hydrogens is 776 g/mol. The average molecular weight is 825 g/mol. The Hall–Kier alpha value is -5.40. The highest BCUT2D eigenvalue weighted by Crippen LogP contribution is 2.51. The lowest BCUT2D eigenvalue weighted by molar-refractivity contribution is -0.143. The third kappa shape index (κ3) is 9.42. The van der Waals surface area contributed by atoms with Gasteiger partial charge in [0, 0.05) is 28.8 Å². The summed E-state index contributed by atoms with van der Waals surface area (Å²) in [5.74, 6) is -0.695. The van der Waals surface area contributed by atoms with E-state index in [1.807, 2.05) is 0 Å². The summed E-state index contributed by atoms with van der Waals surface area (Å²) in [4.78, 5) is 25.6. The van der Waals surface area contributed by atoms with Crippen molar-refractivity contribution < 1.29 is 82.9 Å².